The molecule has 2 N–H and O–H groups in total. The maximum Gasteiger partial charge on any atom is 0.00471 e. The SMILES string of the molecule is CN(CC1CCCC1)CC1(CN)CCCCC1. The van der Waals surface area contributed by atoms with Crippen molar-refractivity contribution in [3.63, 3.8) is 0 Å². The maximum atomic E-state index is 6.07. The zero-order valence-corrected chi connectivity index (χ0v) is 11.6. The van der Waals surface area contributed by atoms with Crippen LogP contribution in [-0.2, 0) is 0 Å². The summed E-state index contributed by atoms with van der Waals surface area (Å²) in [5, 5.41) is 0. The van der Waals surface area contributed by atoms with Gasteiger partial charge in [0.15, 0.2) is 0 Å². The fourth-order valence-corrected chi connectivity index (χ4v) is 4.00. The molecule has 2 nitrogen and oxygen atoms in total. The minimum atomic E-state index is 0.450. The Hall–Kier alpha value is -0.0800. The molecular formula is C15H30N2. The molecule has 0 amide bonds. The largest absolute Gasteiger partial charge is 0.330 e. The molecule has 0 aromatic heterocycles. The average Bonchev–Trinajstić information content (AvgIpc) is 2.83. The quantitative estimate of drug-likeness (QED) is 0.798. The second-order valence-electron chi connectivity index (χ2n) is 6.61. The van der Waals surface area contributed by atoms with Crippen LogP contribution in [0.15, 0.2) is 0 Å². The van der Waals surface area contributed by atoms with E-state index in [0.29, 0.717) is 5.41 Å². The third-order valence-corrected chi connectivity index (χ3v) is 5.00. The Labute approximate surface area is 107 Å². The molecule has 0 spiro atoms. The Bertz CT molecular complexity index is 215. The molecule has 0 heterocycles. The van der Waals surface area contributed by atoms with E-state index in [-0.39, 0.29) is 0 Å². The van der Waals surface area contributed by atoms with Gasteiger partial charge in [0, 0.05) is 13.1 Å². The summed E-state index contributed by atoms with van der Waals surface area (Å²) in [7, 11) is 2.31. The lowest BCUT2D eigenvalue weighted by molar-refractivity contribution is 0.118. The third kappa shape index (κ3) is 3.69. The van der Waals surface area contributed by atoms with E-state index in [4.69, 9.17) is 5.73 Å². The van der Waals surface area contributed by atoms with Gasteiger partial charge in [0.25, 0.3) is 0 Å². The Morgan fingerprint density at radius 3 is 2.29 bits per heavy atom. The number of hydrogen-bond acceptors (Lipinski definition) is 2. The molecule has 0 saturated heterocycles. The summed E-state index contributed by atoms with van der Waals surface area (Å²) in [6.07, 6.45) is 12.8. The first-order chi connectivity index (χ1) is 8.24. The molecule has 2 fully saturated rings. The Balaban J connectivity index is 1.80. The second-order valence-corrected chi connectivity index (χ2v) is 6.61. The molecule has 2 rings (SSSR count). The lowest BCUT2D eigenvalue weighted by Gasteiger charge is -2.40. The molecule has 100 valence electrons. The number of nitrogens with zero attached hydrogens (tertiary/aromatic N) is 1. The smallest absolute Gasteiger partial charge is 0.00471 e. The van der Waals surface area contributed by atoms with E-state index in [2.05, 4.69) is 11.9 Å². The summed E-state index contributed by atoms with van der Waals surface area (Å²) >= 11 is 0. The fourth-order valence-electron chi connectivity index (χ4n) is 4.00. The molecule has 2 heteroatoms. The summed E-state index contributed by atoms with van der Waals surface area (Å²) in [5.74, 6) is 0.971. The summed E-state index contributed by atoms with van der Waals surface area (Å²) in [4.78, 5) is 2.58. The highest BCUT2D eigenvalue weighted by Crippen LogP contribution is 2.36. The predicted molar refractivity (Wildman–Crippen MR) is 74.0 cm³/mol. The normalized spacial score (nSPS) is 25.6. The van der Waals surface area contributed by atoms with Crippen molar-refractivity contribution in [2.75, 3.05) is 26.7 Å². The first-order valence-corrected chi connectivity index (χ1v) is 7.63. The van der Waals surface area contributed by atoms with Gasteiger partial charge >= 0.3 is 0 Å². The van der Waals surface area contributed by atoms with Crippen molar-refractivity contribution >= 4 is 0 Å². The van der Waals surface area contributed by atoms with Crippen molar-refractivity contribution in [3.8, 4) is 0 Å². The predicted octanol–water partition coefficient (Wildman–Crippen LogP) is 3.02. The standard InChI is InChI=1S/C15H30N2/c1-17(11-14-7-3-4-8-14)13-15(12-16)9-5-2-6-10-15/h14H,2-13,16H2,1H3. The highest BCUT2D eigenvalue weighted by atomic mass is 15.1. The molecule has 2 saturated carbocycles. The molecule has 17 heavy (non-hydrogen) atoms. The Morgan fingerprint density at radius 2 is 1.71 bits per heavy atom. The molecular weight excluding hydrogens is 208 g/mol. The van der Waals surface area contributed by atoms with Crippen LogP contribution in [0.5, 0.6) is 0 Å². The Kier molecular flexibility index (Phi) is 4.87. The molecule has 2 aliphatic rings. The van der Waals surface area contributed by atoms with Crippen molar-refractivity contribution in [2.45, 2.75) is 57.8 Å². The van der Waals surface area contributed by atoms with Crippen LogP contribution in [0, 0.1) is 11.3 Å². The van der Waals surface area contributed by atoms with Crippen LogP contribution in [0.2, 0.25) is 0 Å². The molecule has 0 atom stereocenters. The summed E-state index contributed by atoms with van der Waals surface area (Å²) in [6, 6.07) is 0. The van der Waals surface area contributed by atoms with E-state index in [1.807, 2.05) is 0 Å². The molecule has 0 radical (unpaired) electrons. The third-order valence-electron chi connectivity index (χ3n) is 5.00. The van der Waals surface area contributed by atoms with E-state index in [0.717, 1.165) is 12.5 Å². The molecule has 2 aliphatic carbocycles. The summed E-state index contributed by atoms with van der Waals surface area (Å²) in [5.41, 5.74) is 6.52. The molecule has 0 unspecified atom stereocenters. The lowest BCUT2D eigenvalue weighted by Crippen LogP contribution is -2.43. The monoisotopic (exact) mass is 238 g/mol. The van der Waals surface area contributed by atoms with Crippen molar-refractivity contribution < 1.29 is 0 Å². The highest BCUT2D eigenvalue weighted by Gasteiger charge is 2.32. The van der Waals surface area contributed by atoms with E-state index in [9.17, 15) is 0 Å². The molecule has 0 bridgehead atoms. The first-order valence-electron chi connectivity index (χ1n) is 7.63. The summed E-state index contributed by atoms with van der Waals surface area (Å²) < 4.78 is 0. The zero-order chi connectivity index (χ0) is 12.1. The van der Waals surface area contributed by atoms with Crippen LogP contribution < -0.4 is 5.73 Å². The van der Waals surface area contributed by atoms with E-state index < -0.39 is 0 Å². The van der Waals surface area contributed by atoms with Gasteiger partial charge in [0.2, 0.25) is 0 Å². The highest BCUT2D eigenvalue weighted by molar-refractivity contribution is 4.86. The van der Waals surface area contributed by atoms with Crippen molar-refractivity contribution in [1.29, 1.82) is 0 Å². The van der Waals surface area contributed by atoms with Gasteiger partial charge in [-0.05, 0) is 50.6 Å². The second kappa shape index (κ2) is 6.19. The zero-order valence-electron chi connectivity index (χ0n) is 11.6. The molecule has 0 aliphatic heterocycles. The fraction of sp³-hybridized carbons (Fsp3) is 1.00. The van der Waals surface area contributed by atoms with Gasteiger partial charge in [-0.1, -0.05) is 32.1 Å². The van der Waals surface area contributed by atoms with Gasteiger partial charge in [-0.25, -0.2) is 0 Å². The van der Waals surface area contributed by atoms with E-state index >= 15 is 0 Å². The number of rotatable bonds is 5. The van der Waals surface area contributed by atoms with Crippen LogP contribution in [-0.4, -0.2) is 31.6 Å². The van der Waals surface area contributed by atoms with Gasteiger partial charge in [0.1, 0.15) is 0 Å². The van der Waals surface area contributed by atoms with Crippen LogP contribution >= 0.6 is 0 Å². The van der Waals surface area contributed by atoms with Gasteiger partial charge < -0.3 is 10.6 Å². The average molecular weight is 238 g/mol. The van der Waals surface area contributed by atoms with Gasteiger partial charge in [-0.3, -0.25) is 0 Å². The summed E-state index contributed by atoms with van der Waals surface area (Å²) in [6.45, 7) is 3.43. The van der Waals surface area contributed by atoms with Crippen molar-refractivity contribution in [1.82, 2.24) is 4.90 Å². The maximum absolute atomic E-state index is 6.07. The van der Waals surface area contributed by atoms with Gasteiger partial charge in [0.05, 0.1) is 0 Å². The minimum absolute atomic E-state index is 0.450. The number of hydrogen-bond donors (Lipinski definition) is 1. The minimum Gasteiger partial charge on any atom is -0.330 e. The van der Waals surface area contributed by atoms with Crippen LogP contribution in [0.1, 0.15) is 57.8 Å². The molecule has 0 aromatic rings. The van der Waals surface area contributed by atoms with E-state index in [1.165, 1.54) is 70.9 Å². The van der Waals surface area contributed by atoms with Gasteiger partial charge in [-0.15, -0.1) is 0 Å². The van der Waals surface area contributed by atoms with E-state index in [1.54, 1.807) is 0 Å². The lowest BCUT2D eigenvalue weighted by atomic mass is 9.73. The van der Waals surface area contributed by atoms with Crippen LogP contribution in [0.4, 0.5) is 0 Å². The molecule has 0 aromatic carbocycles. The van der Waals surface area contributed by atoms with Crippen molar-refractivity contribution in [2.24, 2.45) is 17.1 Å². The first kappa shape index (κ1) is 13.4. The Morgan fingerprint density at radius 1 is 1.06 bits per heavy atom. The van der Waals surface area contributed by atoms with Crippen LogP contribution in [0.25, 0.3) is 0 Å². The topological polar surface area (TPSA) is 29.3 Å². The van der Waals surface area contributed by atoms with Crippen molar-refractivity contribution in [3.05, 3.63) is 0 Å². The number of nitrogens with two attached hydrogens (primary N) is 1. The van der Waals surface area contributed by atoms with Crippen LogP contribution in [0.3, 0.4) is 0 Å². The van der Waals surface area contributed by atoms with Gasteiger partial charge in [-0.2, -0.15) is 0 Å².